The van der Waals surface area contributed by atoms with Crippen LogP contribution in [-0.4, -0.2) is 29.2 Å². The maximum absolute atomic E-state index is 11.6. The molecule has 17 heavy (non-hydrogen) atoms. The van der Waals surface area contributed by atoms with Gasteiger partial charge in [0.25, 0.3) is 0 Å². The number of likely N-dealkylation sites (tertiary alicyclic amines) is 1. The lowest BCUT2D eigenvalue weighted by Gasteiger charge is -2.26. The second kappa shape index (κ2) is 9.32. The van der Waals surface area contributed by atoms with Crippen molar-refractivity contribution in [3.8, 4) is 0 Å². The predicted octanol–water partition coefficient (Wildman–Crippen LogP) is 4.46. The van der Waals surface area contributed by atoms with Crippen LogP contribution in [0.15, 0.2) is 0 Å². The molecule has 104 valence electrons. The van der Waals surface area contributed by atoms with Gasteiger partial charge in [-0.3, -0.25) is 0 Å². The Kier molecular flexibility index (Phi) is 10.2. The van der Waals surface area contributed by atoms with E-state index >= 15 is 0 Å². The molecule has 0 aromatic rings. The first-order valence-corrected chi connectivity index (χ1v) is 6.90. The molecular weight excluding hydrogens is 214 g/mol. The predicted molar refractivity (Wildman–Crippen MR) is 74.3 cm³/mol. The van der Waals surface area contributed by atoms with Crippen molar-refractivity contribution in [2.75, 3.05) is 6.54 Å². The van der Waals surface area contributed by atoms with Crippen LogP contribution in [0.2, 0.25) is 0 Å². The second-order valence-corrected chi connectivity index (χ2v) is 4.66. The van der Waals surface area contributed by atoms with Crippen LogP contribution in [0.5, 0.6) is 0 Å². The van der Waals surface area contributed by atoms with E-state index in [9.17, 15) is 4.79 Å². The van der Waals surface area contributed by atoms with Crippen molar-refractivity contribution in [3.63, 3.8) is 0 Å². The lowest BCUT2D eigenvalue weighted by Crippen LogP contribution is -2.38. The normalized spacial score (nSPS) is 18.6. The Labute approximate surface area is 108 Å². The quantitative estimate of drug-likeness (QED) is 0.630. The van der Waals surface area contributed by atoms with Crippen LogP contribution >= 0.6 is 0 Å². The average Bonchev–Trinajstić information content (AvgIpc) is 2.68. The van der Waals surface area contributed by atoms with E-state index in [0.717, 1.165) is 19.4 Å². The van der Waals surface area contributed by atoms with Gasteiger partial charge in [0.1, 0.15) is 5.60 Å². The molecular formula is C14H31NO2. The van der Waals surface area contributed by atoms with Crippen molar-refractivity contribution in [1.82, 2.24) is 4.90 Å². The molecule has 1 aliphatic heterocycles. The van der Waals surface area contributed by atoms with Crippen molar-refractivity contribution in [3.05, 3.63) is 0 Å². The summed E-state index contributed by atoms with van der Waals surface area (Å²) in [6.45, 7) is 16.6. The topological polar surface area (TPSA) is 29.5 Å². The highest BCUT2D eigenvalue weighted by molar-refractivity contribution is 5.68. The molecule has 1 heterocycles. The Balaban J connectivity index is 0. The molecule has 1 rings (SSSR count). The molecule has 0 aromatic heterocycles. The fourth-order valence-corrected chi connectivity index (χ4v) is 1.53. The van der Waals surface area contributed by atoms with Gasteiger partial charge in [0, 0.05) is 12.6 Å². The lowest BCUT2D eigenvalue weighted by atomic mass is 10.2. The first-order chi connectivity index (χ1) is 7.90. The summed E-state index contributed by atoms with van der Waals surface area (Å²) in [7, 11) is 0. The van der Waals surface area contributed by atoms with E-state index in [4.69, 9.17) is 4.74 Å². The number of nitrogens with zero attached hydrogens (tertiary/aromatic N) is 1. The van der Waals surface area contributed by atoms with E-state index < -0.39 is 0 Å². The van der Waals surface area contributed by atoms with Crippen LogP contribution in [0.1, 0.15) is 68.2 Å². The Bertz CT molecular complexity index is 197. The molecule has 0 saturated carbocycles. The van der Waals surface area contributed by atoms with Gasteiger partial charge in [0.15, 0.2) is 0 Å². The lowest BCUT2D eigenvalue weighted by molar-refractivity contribution is 0.0239. The Hall–Kier alpha value is -0.730. The van der Waals surface area contributed by atoms with E-state index in [1.54, 1.807) is 0 Å². The third-order valence-electron chi connectivity index (χ3n) is 2.18. The summed E-state index contributed by atoms with van der Waals surface area (Å²) in [5.74, 6) is 0. The first-order valence-electron chi connectivity index (χ1n) is 6.90. The van der Waals surface area contributed by atoms with Gasteiger partial charge in [0.05, 0.1) is 0 Å². The van der Waals surface area contributed by atoms with Crippen LogP contribution in [0.25, 0.3) is 0 Å². The standard InChI is InChI=1S/C10H19NO2.2C2H6/c1-8-6-5-7-11(8)9(12)13-10(2,3)4;2*1-2/h8H,5-7H2,1-4H3;2*1-2H3. The highest BCUT2D eigenvalue weighted by atomic mass is 16.6. The van der Waals surface area contributed by atoms with Gasteiger partial charge in [-0.25, -0.2) is 4.79 Å². The van der Waals surface area contributed by atoms with E-state index in [2.05, 4.69) is 6.92 Å². The number of rotatable bonds is 0. The van der Waals surface area contributed by atoms with Crippen molar-refractivity contribution in [1.29, 1.82) is 0 Å². The minimum Gasteiger partial charge on any atom is -0.444 e. The van der Waals surface area contributed by atoms with Crippen molar-refractivity contribution < 1.29 is 9.53 Å². The fraction of sp³-hybridized carbons (Fsp3) is 0.929. The Morgan fingerprint density at radius 1 is 1.18 bits per heavy atom. The zero-order chi connectivity index (χ0) is 14.1. The fourth-order valence-electron chi connectivity index (χ4n) is 1.53. The minimum absolute atomic E-state index is 0.169. The molecule has 0 radical (unpaired) electrons. The zero-order valence-electron chi connectivity index (χ0n) is 13.0. The molecule has 0 N–H and O–H groups in total. The molecule has 1 atom stereocenters. The van der Waals surface area contributed by atoms with Crippen molar-refractivity contribution in [2.45, 2.75) is 79.9 Å². The summed E-state index contributed by atoms with van der Waals surface area (Å²) in [6, 6.07) is 0.342. The molecule has 0 aromatic carbocycles. The number of carbonyl (C=O) groups excluding carboxylic acids is 1. The molecule has 0 bridgehead atoms. The Morgan fingerprint density at radius 3 is 1.94 bits per heavy atom. The summed E-state index contributed by atoms with van der Waals surface area (Å²) < 4.78 is 5.28. The average molecular weight is 245 g/mol. The van der Waals surface area contributed by atoms with E-state index in [1.807, 2.05) is 53.4 Å². The summed E-state index contributed by atoms with van der Waals surface area (Å²) in [5.41, 5.74) is -0.376. The summed E-state index contributed by atoms with van der Waals surface area (Å²) in [5, 5.41) is 0. The van der Waals surface area contributed by atoms with Crippen LogP contribution in [0.4, 0.5) is 4.79 Å². The van der Waals surface area contributed by atoms with Crippen molar-refractivity contribution in [2.24, 2.45) is 0 Å². The second-order valence-electron chi connectivity index (χ2n) is 4.66. The highest BCUT2D eigenvalue weighted by Gasteiger charge is 2.28. The highest BCUT2D eigenvalue weighted by Crippen LogP contribution is 2.19. The van der Waals surface area contributed by atoms with Gasteiger partial charge >= 0.3 is 6.09 Å². The third-order valence-corrected chi connectivity index (χ3v) is 2.18. The van der Waals surface area contributed by atoms with Gasteiger partial charge in [0.2, 0.25) is 0 Å². The SMILES string of the molecule is CC.CC.CC1CCCN1C(=O)OC(C)(C)C. The molecule has 1 amide bonds. The van der Waals surface area contributed by atoms with Crippen LogP contribution in [0, 0.1) is 0 Å². The van der Waals surface area contributed by atoms with Crippen LogP contribution in [0.3, 0.4) is 0 Å². The van der Waals surface area contributed by atoms with Gasteiger partial charge in [-0.1, -0.05) is 27.7 Å². The first kappa shape index (κ1) is 18.6. The number of ether oxygens (including phenoxy) is 1. The van der Waals surface area contributed by atoms with Gasteiger partial charge in [-0.2, -0.15) is 0 Å². The monoisotopic (exact) mass is 245 g/mol. The molecule has 0 spiro atoms. The molecule has 3 heteroatoms. The molecule has 1 aliphatic rings. The molecule has 1 fully saturated rings. The van der Waals surface area contributed by atoms with Crippen LogP contribution in [-0.2, 0) is 4.74 Å². The zero-order valence-corrected chi connectivity index (χ0v) is 13.0. The molecule has 0 aliphatic carbocycles. The van der Waals surface area contributed by atoms with E-state index in [1.165, 1.54) is 0 Å². The summed E-state index contributed by atoms with van der Waals surface area (Å²) in [6.07, 6.45) is 2.03. The van der Waals surface area contributed by atoms with Gasteiger partial charge < -0.3 is 9.64 Å². The largest absolute Gasteiger partial charge is 0.444 e. The number of hydrogen-bond acceptors (Lipinski definition) is 2. The maximum atomic E-state index is 11.6. The minimum atomic E-state index is -0.376. The smallest absolute Gasteiger partial charge is 0.410 e. The Morgan fingerprint density at radius 2 is 1.65 bits per heavy atom. The number of carbonyl (C=O) groups is 1. The van der Waals surface area contributed by atoms with E-state index in [0.29, 0.717) is 6.04 Å². The number of amides is 1. The van der Waals surface area contributed by atoms with Gasteiger partial charge in [-0.05, 0) is 40.5 Å². The molecule has 3 nitrogen and oxygen atoms in total. The number of hydrogen-bond donors (Lipinski definition) is 0. The van der Waals surface area contributed by atoms with Crippen molar-refractivity contribution >= 4 is 6.09 Å². The van der Waals surface area contributed by atoms with Crippen LogP contribution < -0.4 is 0 Å². The summed E-state index contributed by atoms with van der Waals surface area (Å²) >= 11 is 0. The van der Waals surface area contributed by atoms with E-state index in [-0.39, 0.29) is 11.7 Å². The van der Waals surface area contributed by atoms with Gasteiger partial charge in [-0.15, -0.1) is 0 Å². The molecule has 1 unspecified atom stereocenters. The molecule has 1 saturated heterocycles. The third kappa shape index (κ3) is 8.06. The summed E-state index contributed by atoms with van der Waals surface area (Å²) in [4.78, 5) is 13.4. The maximum Gasteiger partial charge on any atom is 0.410 e.